The summed E-state index contributed by atoms with van der Waals surface area (Å²) in [4.78, 5) is 33.2. The second-order valence-electron chi connectivity index (χ2n) is 4.94. The van der Waals surface area contributed by atoms with Crippen LogP contribution in [0.25, 0.3) is 0 Å². The van der Waals surface area contributed by atoms with Gasteiger partial charge in [-0.15, -0.1) is 0 Å². The van der Waals surface area contributed by atoms with Crippen molar-refractivity contribution in [3.8, 4) is 11.5 Å². The molecule has 2 aromatic rings. The second kappa shape index (κ2) is 6.77. The van der Waals surface area contributed by atoms with Crippen LogP contribution in [0.1, 0.15) is 11.1 Å². The second-order valence-corrected chi connectivity index (χ2v) is 6.82. The molecule has 2 aromatic carbocycles. The molecule has 120 valence electrons. The SMILES string of the molecule is Cc1ccc(OC(=O)P(=O)(O)C(=O)Oc2ccc(C)cc2)cc1. The van der Waals surface area contributed by atoms with Crippen LogP contribution >= 0.6 is 7.37 Å². The molecular weight excluding hydrogens is 319 g/mol. The van der Waals surface area contributed by atoms with E-state index < -0.39 is 18.8 Å². The molecule has 0 saturated heterocycles. The molecule has 7 heteroatoms. The van der Waals surface area contributed by atoms with E-state index in [1.165, 1.54) is 24.3 Å². The summed E-state index contributed by atoms with van der Waals surface area (Å²) in [5.41, 5.74) is -1.23. The van der Waals surface area contributed by atoms with E-state index in [0.29, 0.717) is 0 Å². The zero-order valence-corrected chi connectivity index (χ0v) is 13.4. The largest absolute Gasteiger partial charge is 0.419 e. The number of carbonyl (C=O) groups is 2. The van der Waals surface area contributed by atoms with Crippen LogP contribution in [0, 0.1) is 13.8 Å². The maximum Gasteiger partial charge on any atom is 0.411 e. The first-order valence-electron chi connectivity index (χ1n) is 6.70. The van der Waals surface area contributed by atoms with Crippen molar-refractivity contribution >= 4 is 18.8 Å². The van der Waals surface area contributed by atoms with Crippen molar-refractivity contribution in [2.24, 2.45) is 0 Å². The predicted molar refractivity (Wildman–Crippen MR) is 84.2 cm³/mol. The van der Waals surface area contributed by atoms with Gasteiger partial charge >= 0.3 is 18.8 Å². The standard InChI is InChI=1S/C16H15O6P/c1-11-3-7-13(8-4-11)21-15(17)23(19,20)16(18)22-14-9-5-12(2)6-10-14/h3-10H,1-2H3,(H,19,20). The number of rotatable bonds is 4. The summed E-state index contributed by atoms with van der Waals surface area (Å²) >= 11 is 0. The molecule has 0 aromatic heterocycles. The number of aryl methyl sites for hydroxylation is 2. The molecule has 0 heterocycles. The fraction of sp³-hybridized carbons (Fsp3) is 0.125. The minimum Gasteiger partial charge on any atom is -0.419 e. The maximum atomic E-state index is 12.0. The Labute approximate surface area is 133 Å². The van der Waals surface area contributed by atoms with Gasteiger partial charge in [0.2, 0.25) is 0 Å². The van der Waals surface area contributed by atoms with Gasteiger partial charge in [-0.25, -0.2) is 9.59 Å². The molecule has 0 atom stereocenters. The van der Waals surface area contributed by atoms with Gasteiger partial charge in [0.25, 0.3) is 0 Å². The quantitative estimate of drug-likeness (QED) is 0.840. The predicted octanol–water partition coefficient (Wildman–Crippen LogP) is 4.27. The minimum atomic E-state index is -4.95. The summed E-state index contributed by atoms with van der Waals surface area (Å²) in [6.45, 7) is 3.67. The molecular formula is C16H15O6P. The number of carbonyl (C=O) groups excluding carboxylic acids is 2. The average Bonchev–Trinajstić information content (AvgIpc) is 2.51. The highest BCUT2D eigenvalue weighted by atomic mass is 31.2. The van der Waals surface area contributed by atoms with Crippen molar-refractivity contribution in [2.75, 3.05) is 0 Å². The molecule has 2 rings (SSSR count). The van der Waals surface area contributed by atoms with Crippen molar-refractivity contribution in [1.82, 2.24) is 0 Å². The van der Waals surface area contributed by atoms with Crippen molar-refractivity contribution in [3.63, 3.8) is 0 Å². The van der Waals surface area contributed by atoms with Gasteiger partial charge in [-0.3, -0.25) is 4.57 Å². The molecule has 0 fully saturated rings. The number of hydrogen-bond acceptors (Lipinski definition) is 5. The lowest BCUT2D eigenvalue weighted by Gasteiger charge is -2.10. The molecule has 0 aliphatic rings. The van der Waals surface area contributed by atoms with Crippen molar-refractivity contribution in [3.05, 3.63) is 59.7 Å². The van der Waals surface area contributed by atoms with Gasteiger partial charge in [-0.1, -0.05) is 35.4 Å². The summed E-state index contributed by atoms with van der Waals surface area (Å²) in [7, 11) is -4.95. The van der Waals surface area contributed by atoms with E-state index in [9.17, 15) is 19.0 Å². The Morgan fingerprint density at radius 2 is 1.09 bits per heavy atom. The third-order valence-electron chi connectivity index (χ3n) is 2.95. The molecule has 23 heavy (non-hydrogen) atoms. The highest BCUT2D eigenvalue weighted by molar-refractivity contribution is 7.89. The van der Waals surface area contributed by atoms with E-state index in [0.717, 1.165) is 11.1 Å². The fourth-order valence-electron chi connectivity index (χ4n) is 1.61. The molecule has 0 unspecified atom stereocenters. The van der Waals surface area contributed by atoms with Crippen LogP contribution in [-0.2, 0) is 4.57 Å². The first kappa shape index (κ1) is 16.9. The molecule has 0 aliphatic heterocycles. The minimum absolute atomic E-state index is 0.0676. The first-order valence-corrected chi connectivity index (χ1v) is 8.36. The van der Waals surface area contributed by atoms with Gasteiger partial charge in [-0.2, -0.15) is 0 Å². The Kier molecular flexibility index (Phi) is 4.98. The lowest BCUT2D eigenvalue weighted by atomic mass is 10.2. The Balaban J connectivity index is 2.08. The van der Waals surface area contributed by atoms with Crippen LogP contribution in [0.2, 0.25) is 0 Å². The Bertz CT molecular complexity index is 701. The molecule has 0 saturated carbocycles. The maximum absolute atomic E-state index is 12.0. The number of benzene rings is 2. The van der Waals surface area contributed by atoms with Crippen LogP contribution in [0.4, 0.5) is 9.59 Å². The van der Waals surface area contributed by atoms with E-state index in [-0.39, 0.29) is 11.5 Å². The van der Waals surface area contributed by atoms with E-state index >= 15 is 0 Å². The van der Waals surface area contributed by atoms with Gasteiger partial charge in [0.1, 0.15) is 11.5 Å². The highest BCUT2D eigenvalue weighted by Crippen LogP contribution is 2.45. The fourth-order valence-corrected chi connectivity index (χ4v) is 2.22. The van der Waals surface area contributed by atoms with Gasteiger partial charge in [0.05, 0.1) is 0 Å². The average molecular weight is 334 g/mol. The van der Waals surface area contributed by atoms with Gasteiger partial charge < -0.3 is 14.4 Å². The van der Waals surface area contributed by atoms with Crippen LogP contribution in [-0.4, -0.2) is 16.3 Å². The summed E-state index contributed by atoms with van der Waals surface area (Å²) in [5, 5.41) is 0. The van der Waals surface area contributed by atoms with E-state index in [2.05, 4.69) is 0 Å². The van der Waals surface area contributed by atoms with Crippen molar-refractivity contribution in [1.29, 1.82) is 0 Å². The Morgan fingerprint density at radius 1 is 0.783 bits per heavy atom. The smallest absolute Gasteiger partial charge is 0.411 e. The summed E-state index contributed by atoms with van der Waals surface area (Å²) < 4.78 is 21.5. The van der Waals surface area contributed by atoms with E-state index in [1.54, 1.807) is 24.3 Å². The molecule has 0 aliphatic carbocycles. The third-order valence-corrected chi connectivity index (χ3v) is 4.12. The monoisotopic (exact) mass is 334 g/mol. The normalized spacial score (nSPS) is 10.9. The van der Waals surface area contributed by atoms with Gasteiger partial charge in [0.15, 0.2) is 0 Å². The van der Waals surface area contributed by atoms with E-state index in [4.69, 9.17) is 9.47 Å². The Hall–Kier alpha value is -2.43. The van der Waals surface area contributed by atoms with Gasteiger partial charge in [0, 0.05) is 0 Å². The molecule has 6 nitrogen and oxygen atoms in total. The van der Waals surface area contributed by atoms with Crippen molar-refractivity contribution in [2.45, 2.75) is 13.8 Å². The number of ether oxygens (including phenoxy) is 2. The van der Waals surface area contributed by atoms with Gasteiger partial charge in [-0.05, 0) is 38.1 Å². The molecule has 0 bridgehead atoms. The first-order chi connectivity index (χ1) is 10.8. The zero-order valence-electron chi connectivity index (χ0n) is 12.6. The summed E-state index contributed by atoms with van der Waals surface area (Å²) in [5.74, 6) is 0.135. The van der Waals surface area contributed by atoms with Crippen molar-refractivity contribution < 1.29 is 28.5 Å². The lowest BCUT2D eigenvalue weighted by Crippen LogP contribution is -2.16. The zero-order chi connectivity index (χ0) is 17.0. The topological polar surface area (TPSA) is 89.9 Å². The highest BCUT2D eigenvalue weighted by Gasteiger charge is 2.42. The lowest BCUT2D eigenvalue weighted by molar-refractivity contribution is 0.210. The van der Waals surface area contributed by atoms with E-state index in [1.807, 2.05) is 13.8 Å². The summed E-state index contributed by atoms with van der Waals surface area (Å²) in [6, 6.07) is 12.5. The Morgan fingerprint density at radius 3 is 1.39 bits per heavy atom. The van der Waals surface area contributed by atoms with Crippen LogP contribution in [0.15, 0.2) is 48.5 Å². The molecule has 0 amide bonds. The van der Waals surface area contributed by atoms with Crippen LogP contribution in [0.3, 0.4) is 0 Å². The summed E-state index contributed by atoms with van der Waals surface area (Å²) in [6.07, 6.45) is 0. The van der Waals surface area contributed by atoms with Crippen LogP contribution < -0.4 is 9.47 Å². The molecule has 0 spiro atoms. The molecule has 0 radical (unpaired) electrons. The van der Waals surface area contributed by atoms with Crippen LogP contribution in [0.5, 0.6) is 11.5 Å². The third kappa shape index (κ3) is 4.28. The molecule has 1 N–H and O–H groups in total. The number of hydrogen-bond donors (Lipinski definition) is 1.